The standard InChI is InChI=1S/C26H39N3O3/c1-26(2,20-29(3)4)19-27-17-21(11-6-5-7-16-25(30)28-31)18-32-24-15-10-13-22-12-8-9-14-23(22)24/h8-15,27,31H,5-7,16-20H2,1-4H3,(H,28,30)/b21-11-. The summed E-state index contributed by atoms with van der Waals surface area (Å²) in [5.74, 6) is 0.555. The van der Waals surface area contributed by atoms with Crippen molar-refractivity contribution >= 4 is 16.7 Å². The van der Waals surface area contributed by atoms with Gasteiger partial charge in [0.15, 0.2) is 0 Å². The SMILES string of the molecule is CN(C)CC(C)(C)CNC/C(=C/CCCCC(=O)NO)COc1cccc2ccccc12. The van der Waals surface area contributed by atoms with Crippen molar-refractivity contribution in [1.29, 1.82) is 0 Å². The molecule has 0 bridgehead atoms. The fourth-order valence-electron chi connectivity index (χ4n) is 3.94. The minimum Gasteiger partial charge on any atom is -0.489 e. The van der Waals surface area contributed by atoms with Gasteiger partial charge in [0.1, 0.15) is 12.4 Å². The first-order chi connectivity index (χ1) is 15.3. The van der Waals surface area contributed by atoms with Gasteiger partial charge in [-0.15, -0.1) is 0 Å². The van der Waals surface area contributed by atoms with Crippen LogP contribution < -0.4 is 15.5 Å². The maximum absolute atomic E-state index is 11.2. The molecule has 1 amide bonds. The summed E-state index contributed by atoms with van der Waals surface area (Å²) in [4.78, 5) is 13.4. The Morgan fingerprint density at radius 3 is 2.62 bits per heavy atom. The second-order valence-electron chi connectivity index (χ2n) is 9.41. The number of amides is 1. The topological polar surface area (TPSA) is 73.8 Å². The number of nitrogens with one attached hydrogen (secondary N) is 2. The van der Waals surface area contributed by atoms with Gasteiger partial charge in [-0.3, -0.25) is 10.0 Å². The normalized spacial score (nSPS) is 12.4. The molecule has 0 saturated heterocycles. The van der Waals surface area contributed by atoms with Crippen molar-refractivity contribution in [3.63, 3.8) is 0 Å². The molecule has 0 aliphatic rings. The molecule has 0 aliphatic carbocycles. The summed E-state index contributed by atoms with van der Waals surface area (Å²) in [6.45, 7) is 7.74. The maximum Gasteiger partial charge on any atom is 0.243 e. The van der Waals surface area contributed by atoms with Gasteiger partial charge >= 0.3 is 0 Å². The lowest BCUT2D eigenvalue weighted by Gasteiger charge is -2.28. The molecule has 0 heterocycles. The summed E-state index contributed by atoms with van der Waals surface area (Å²) in [5, 5.41) is 14.5. The fraction of sp³-hybridized carbons (Fsp3) is 0.500. The van der Waals surface area contributed by atoms with Crippen LogP contribution in [0.15, 0.2) is 54.1 Å². The van der Waals surface area contributed by atoms with E-state index >= 15 is 0 Å². The van der Waals surface area contributed by atoms with Crippen molar-refractivity contribution in [2.75, 3.05) is 40.3 Å². The number of unbranched alkanes of at least 4 members (excludes halogenated alkanes) is 2. The molecule has 0 atom stereocenters. The molecule has 2 aromatic carbocycles. The van der Waals surface area contributed by atoms with Gasteiger partial charge in [0.25, 0.3) is 0 Å². The molecule has 0 spiro atoms. The quantitative estimate of drug-likeness (QED) is 0.176. The van der Waals surface area contributed by atoms with Gasteiger partial charge in [0.2, 0.25) is 5.91 Å². The third-order valence-electron chi connectivity index (χ3n) is 5.28. The monoisotopic (exact) mass is 441 g/mol. The first-order valence-corrected chi connectivity index (χ1v) is 11.4. The van der Waals surface area contributed by atoms with Gasteiger partial charge in [-0.25, -0.2) is 5.48 Å². The van der Waals surface area contributed by atoms with Crippen LogP contribution in [0, 0.1) is 5.41 Å². The van der Waals surface area contributed by atoms with Gasteiger partial charge in [0.05, 0.1) is 0 Å². The van der Waals surface area contributed by atoms with Crippen molar-refractivity contribution < 1.29 is 14.7 Å². The lowest BCUT2D eigenvalue weighted by atomic mass is 9.93. The van der Waals surface area contributed by atoms with E-state index in [-0.39, 0.29) is 11.3 Å². The van der Waals surface area contributed by atoms with Gasteiger partial charge in [-0.2, -0.15) is 0 Å². The van der Waals surface area contributed by atoms with E-state index in [1.54, 1.807) is 5.48 Å². The van der Waals surface area contributed by atoms with Crippen LogP contribution in [0.4, 0.5) is 0 Å². The maximum atomic E-state index is 11.2. The number of benzene rings is 2. The molecule has 0 aliphatic heterocycles. The van der Waals surface area contributed by atoms with E-state index in [1.807, 2.05) is 24.3 Å². The average molecular weight is 442 g/mol. The van der Waals surface area contributed by atoms with E-state index in [0.717, 1.165) is 50.0 Å². The minimum atomic E-state index is -0.335. The number of hydroxylamine groups is 1. The molecule has 0 unspecified atom stereocenters. The summed E-state index contributed by atoms with van der Waals surface area (Å²) >= 11 is 0. The Bertz CT molecular complexity index is 872. The zero-order valence-electron chi connectivity index (χ0n) is 20.0. The van der Waals surface area contributed by atoms with E-state index in [9.17, 15) is 4.79 Å². The average Bonchev–Trinajstić information content (AvgIpc) is 2.75. The number of rotatable bonds is 14. The Hall–Kier alpha value is -2.41. The van der Waals surface area contributed by atoms with Crippen LogP contribution in [0.25, 0.3) is 10.8 Å². The molecule has 176 valence electrons. The Balaban J connectivity index is 1.97. The summed E-state index contributed by atoms with van der Waals surface area (Å²) in [6, 6.07) is 14.4. The molecule has 32 heavy (non-hydrogen) atoms. The van der Waals surface area contributed by atoms with E-state index in [2.05, 4.69) is 62.4 Å². The van der Waals surface area contributed by atoms with E-state index < -0.39 is 0 Å². The predicted octanol–water partition coefficient (Wildman–Crippen LogP) is 4.39. The summed E-state index contributed by atoms with van der Waals surface area (Å²) < 4.78 is 6.23. The lowest BCUT2D eigenvalue weighted by molar-refractivity contribution is -0.129. The minimum absolute atomic E-state index is 0.169. The number of allylic oxidation sites excluding steroid dienone is 1. The van der Waals surface area contributed by atoms with Crippen LogP contribution in [-0.4, -0.2) is 56.4 Å². The van der Waals surface area contributed by atoms with Crippen LogP contribution >= 0.6 is 0 Å². The first kappa shape index (κ1) is 25.8. The van der Waals surface area contributed by atoms with Crippen LogP contribution in [-0.2, 0) is 4.79 Å². The van der Waals surface area contributed by atoms with Crippen molar-refractivity contribution in [1.82, 2.24) is 15.7 Å². The Kier molecular flexibility index (Phi) is 10.7. The molecular formula is C26H39N3O3. The molecule has 0 fully saturated rings. The molecule has 2 aromatic rings. The highest BCUT2D eigenvalue weighted by atomic mass is 16.5. The third-order valence-corrected chi connectivity index (χ3v) is 5.28. The van der Waals surface area contributed by atoms with E-state index in [0.29, 0.717) is 13.0 Å². The summed E-state index contributed by atoms with van der Waals surface area (Å²) in [5.41, 5.74) is 3.05. The van der Waals surface area contributed by atoms with Crippen LogP contribution in [0.2, 0.25) is 0 Å². The second-order valence-corrected chi connectivity index (χ2v) is 9.41. The number of hydrogen-bond acceptors (Lipinski definition) is 5. The fourth-order valence-corrected chi connectivity index (χ4v) is 3.94. The van der Waals surface area contributed by atoms with Gasteiger partial charge in [-0.1, -0.05) is 56.3 Å². The van der Waals surface area contributed by atoms with Crippen molar-refractivity contribution in [3.05, 3.63) is 54.1 Å². The number of carbonyl (C=O) groups excluding carboxylic acids is 1. The number of ether oxygens (including phenoxy) is 1. The highest BCUT2D eigenvalue weighted by Crippen LogP contribution is 2.25. The number of fused-ring (bicyclic) bond motifs is 1. The van der Waals surface area contributed by atoms with Crippen molar-refractivity contribution in [2.45, 2.75) is 39.5 Å². The molecule has 3 N–H and O–H groups in total. The first-order valence-electron chi connectivity index (χ1n) is 11.4. The smallest absolute Gasteiger partial charge is 0.243 e. The highest BCUT2D eigenvalue weighted by Gasteiger charge is 2.18. The van der Waals surface area contributed by atoms with Gasteiger partial charge in [-0.05, 0) is 55.8 Å². The van der Waals surface area contributed by atoms with Crippen molar-refractivity contribution in [2.24, 2.45) is 5.41 Å². The Labute approximate surface area is 192 Å². The predicted molar refractivity (Wildman–Crippen MR) is 131 cm³/mol. The lowest BCUT2D eigenvalue weighted by Crippen LogP contribution is -2.38. The second kappa shape index (κ2) is 13.2. The highest BCUT2D eigenvalue weighted by molar-refractivity contribution is 5.88. The Morgan fingerprint density at radius 2 is 1.88 bits per heavy atom. The zero-order chi connectivity index (χ0) is 23.4. The molecular weight excluding hydrogens is 402 g/mol. The van der Waals surface area contributed by atoms with E-state index in [1.165, 1.54) is 11.0 Å². The van der Waals surface area contributed by atoms with Crippen molar-refractivity contribution in [3.8, 4) is 5.75 Å². The summed E-state index contributed by atoms with van der Waals surface area (Å²) in [7, 11) is 4.20. The summed E-state index contributed by atoms with van der Waals surface area (Å²) in [6.07, 6.45) is 5.05. The number of carbonyl (C=O) groups is 1. The number of hydrogen-bond donors (Lipinski definition) is 3. The Morgan fingerprint density at radius 1 is 1.12 bits per heavy atom. The van der Waals surface area contributed by atoms with Crippen LogP contribution in [0.1, 0.15) is 39.5 Å². The molecule has 2 rings (SSSR count). The molecule has 6 nitrogen and oxygen atoms in total. The zero-order valence-corrected chi connectivity index (χ0v) is 20.0. The largest absolute Gasteiger partial charge is 0.489 e. The van der Waals surface area contributed by atoms with E-state index in [4.69, 9.17) is 9.94 Å². The van der Waals surface area contributed by atoms with Gasteiger partial charge < -0.3 is 15.0 Å². The molecule has 0 aromatic heterocycles. The number of nitrogens with zero attached hydrogens (tertiary/aromatic N) is 1. The van der Waals surface area contributed by atoms with Crippen LogP contribution in [0.5, 0.6) is 5.75 Å². The molecule has 0 saturated carbocycles. The van der Waals surface area contributed by atoms with Crippen LogP contribution in [0.3, 0.4) is 0 Å². The van der Waals surface area contributed by atoms with Gasteiger partial charge in [0, 0.05) is 31.4 Å². The third kappa shape index (κ3) is 9.39. The molecule has 0 radical (unpaired) electrons. The molecule has 6 heteroatoms.